The third-order valence-corrected chi connectivity index (χ3v) is 2.37. The van der Waals surface area contributed by atoms with Crippen LogP contribution in [0.25, 0.3) is 11.4 Å². The molecule has 1 heterocycles. The molecule has 0 aliphatic carbocycles. The molecular weight excluding hydrogens is 246 g/mol. The van der Waals surface area contributed by atoms with Gasteiger partial charge in [-0.25, -0.2) is 4.68 Å². The second kappa shape index (κ2) is 3.38. The lowest BCUT2D eigenvalue weighted by Gasteiger charge is -2.03. The van der Waals surface area contributed by atoms with Crippen molar-refractivity contribution in [2.45, 2.75) is 0 Å². The average molecular weight is 254 g/mol. The van der Waals surface area contributed by atoms with E-state index in [9.17, 15) is 0 Å². The van der Waals surface area contributed by atoms with Crippen molar-refractivity contribution in [3.05, 3.63) is 22.7 Å². The summed E-state index contributed by atoms with van der Waals surface area (Å²) in [5.74, 6) is 0.662. The minimum Gasteiger partial charge on any atom is -0.398 e. The Labute approximate surface area is 89.0 Å². The molecule has 1 aromatic heterocycles. The summed E-state index contributed by atoms with van der Waals surface area (Å²) in [6.45, 7) is 0. The van der Waals surface area contributed by atoms with Gasteiger partial charge in [-0.1, -0.05) is 15.9 Å². The molecule has 0 spiro atoms. The quantitative estimate of drug-likeness (QED) is 0.777. The molecule has 0 atom stereocenters. The lowest BCUT2D eigenvalue weighted by Crippen LogP contribution is -1.98. The summed E-state index contributed by atoms with van der Waals surface area (Å²) in [5.41, 5.74) is 7.33. The van der Waals surface area contributed by atoms with Crippen molar-refractivity contribution >= 4 is 21.6 Å². The number of rotatable bonds is 1. The Bertz CT molecular complexity index is 465. The minimum atomic E-state index is 0.650. The predicted octanol–water partition coefficient (Wildman–Crippen LogP) is 1.22. The number of nitrogens with zero attached hydrogens (tertiary/aromatic N) is 4. The molecular formula is C8H8BrN5. The van der Waals surface area contributed by atoms with Crippen LogP contribution in [0, 0.1) is 0 Å². The van der Waals surface area contributed by atoms with Crippen molar-refractivity contribution in [2.75, 3.05) is 5.73 Å². The van der Waals surface area contributed by atoms with Crippen molar-refractivity contribution < 1.29 is 0 Å². The molecule has 0 saturated heterocycles. The van der Waals surface area contributed by atoms with Crippen LogP contribution in [0.2, 0.25) is 0 Å². The van der Waals surface area contributed by atoms with Crippen molar-refractivity contribution in [1.29, 1.82) is 0 Å². The Kier molecular flexibility index (Phi) is 2.20. The summed E-state index contributed by atoms with van der Waals surface area (Å²) in [4.78, 5) is 0. The van der Waals surface area contributed by atoms with Crippen molar-refractivity contribution in [2.24, 2.45) is 7.05 Å². The molecule has 0 bridgehead atoms. The van der Waals surface area contributed by atoms with Crippen LogP contribution < -0.4 is 5.73 Å². The highest BCUT2D eigenvalue weighted by Crippen LogP contribution is 2.25. The Morgan fingerprint density at radius 2 is 2.21 bits per heavy atom. The molecule has 0 unspecified atom stereocenters. The molecule has 0 saturated carbocycles. The van der Waals surface area contributed by atoms with E-state index in [2.05, 4.69) is 31.5 Å². The zero-order chi connectivity index (χ0) is 10.1. The maximum absolute atomic E-state index is 5.84. The highest BCUT2D eigenvalue weighted by Gasteiger charge is 2.08. The van der Waals surface area contributed by atoms with Gasteiger partial charge in [0.1, 0.15) is 0 Å². The first-order valence-corrected chi connectivity index (χ1v) is 4.75. The van der Waals surface area contributed by atoms with Gasteiger partial charge in [-0.3, -0.25) is 0 Å². The Morgan fingerprint density at radius 3 is 2.79 bits per heavy atom. The normalized spacial score (nSPS) is 10.4. The van der Waals surface area contributed by atoms with E-state index in [1.165, 1.54) is 0 Å². The van der Waals surface area contributed by atoms with Gasteiger partial charge in [-0.05, 0) is 28.6 Å². The van der Waals surface area contributed by atoms with Crippen molar-refractivity contribution in [3.63, 3.8) is 0 Å². The molecule has 0 radical (unpaired) electrons. The smallest absolute Gasteiger partial charge is 0.183 e. The topological polar surface area (TPSA) is 69.6 Å². The van der Waals surface area contributed by atoms with Crippen LogP contribution in [0.4, 0.5) is 5.69 Å². The van der Waals surface area contributed by atoms with Gasteiger partial charge in [0, 0.05) is 22.8 Å². The average Bonchev–Trinajstić information content (AvgIpc) is 2.52. The van der Waals surface area contributed by atoms with Crippen LogP contribution in [0.1, 0.15) is 0 Å². The number of hydrogen-bond acceptors (Lipinski definition) is 4. The van der Waals surface area contributed by atoms with Crippen molar-refractivity contribution in [3.8, 4) is 11.4 Å². The second-order valence-corrected chi connectivity index (χ2v) is 3.77. The maximum atomic E-state index is 5.84. The Hall–Kier alpha value is -1.43. The number of nitrogen functional groups attached to an aromatic ring is 1. The van der Waals surface area contributed by atoms with Gasteiger partial charge in [-0.15, -0.1) is 5.10 Å². The number of halogens is 1. The first kappa shape index (κ1) is 9.14. The summed E-state index contributed by atoms with van der Waals surface area (Å²) in [6, 6.07) is 5.61. The van der Waals surface area contributed by atoms with Gasteiger partial charge in [-0.2, -0.15) is 0 Å². The lowest BCUT2D eigenvalue weighted by atomic mass is 10.2. The zero-order valence-corrected chi connectivity index (χ0v) is 9.06. The minimum absolute atomic E-state index is 0.650. The van der Waals surface area contributed by atoms with Crippen LogP contribution in [0.5, 0.6) is 0 Å². The fraction of sp³-hybridized carbons (Fsp3) is 0.125. The molecule has 14 heavy (non-hydrogen) atoms. The molecule has 0 amide bonds. The summed E-state index contributed by atoms with van der Waals surface area (Å²) in [7, 11) is 1.77. The third-order valence-electron chi connectivity index (χ3n) is 1.87. The fourth-order valence-corrected chi connectivity index (χ4v) is 1.57. The number of benzene rings is 1. The van der Waals surface area contributed by atoms with E-state index >= 15 is 0 Å². The number of aromatic nitrogens is 4. The largest absolute Gasteiger partial charge is 0.398 e. The fourth-order valence-electron chi connectivity index (χ4n) is 1.19. The molecule has 2 rings (SSSR count). The van der Waals surface area contributed by atoms with E-state index in [4.69, 9.17) is 5.73 Å². The van der Waals surface area contributed by atoms with Crippen LogP contribution in [0.15, 0.2) is 22.7 Å². The summed E-state index contributed by atoms with van der Waals surface area (Å²) < 4.78 is 2.52. The van der Waals surface area contributed by atoms with E-state index < -0.39 is 0 Å². The highest BCUT2D eigenvalue weighted by atomic mass is 79.9. The molecule has 2 aromatic rings. The van der Waals surface area contributed by atoms with Crippen molar-refractivity contribution in [1.82, 2.24) is 20.2 Å². The maximum Gasteiger partial charge on any atom is 0.183 e. The van der Waals surface area contributed by atoms with Crippen LogP contribution in [-0.2, 0) is 7.05 Å². The van der Waals surface area contributed by atoms with E-state index in [-0.39, 0.29) is 0 Å². The molecule has 6 heteroatoms. The van der Waals surface area contributed by atoms with Crippen LogP contribution >= 0.6 is 15.9 Å². The second-order valence-electron chi connectivity index (χ2n) is 2.86. The number of aryl methyl sites for hydroxylation is 1. The van der Waals surface area contributed by atoms with Gasteiger partial charge in [0.25, 0.3) is 0 Å². The molecule has 0 aliphatic rings. The lowest BCUT2D eigenvalue weighted by molar-refractivity contribution is 0.715. The molecule has 0 fully saturated rings. The first-order chi connectivity index (χ1) is 6.68. The summed E-state index contributed by atoms with van der Waals surface area (Å²) >= 11 is 3.34. The Morgan fingerprint density at radius 1 is 1.43 bits per heavy atom. The number of anilines is 1. The van der Waals surface area contributed by atoms with Crippen LogP contribution in [0.3, 0.4) is 0 Å². The summed E-state index contributed by atoms with van der Waals surface area (Å²) in [6.07, 6.45) is 0. The Balaban J connectivity index is 2.58. The number of nitrogens with two attached hydrogens (primary N) is 1. The van der Waals surface area contributed by atoms with Gasteiger partial charge in [0.2, 0.25) is 0 Å². The van der Waals surface area contributed by atoms with Gasteiger partial charge < -0.3 is 5.73 Å². The first-order valence-electron chi connectivity index (χ1n) is 3.96. The third kappa shape index (κ3) is 1.48. The van der Waals surface area contributed by atoms with Gasteiger partial charge in [0.05, 0.1) is 0 Å². The molecule has 5 nitrogen and oxygen atoms in total. The number of hydrogen-bond donors (Lipinski definition) is 1. The van der Waals surface area contributed by atoms with Gasteiger partial charge in [0.15, 0.2) is 5.82 Å². The van der Waals surface area contributed by atoms with E-state index in [0.717, 1.165) is 10.0 Å². The zero-order valence-electron chi connectivity index (χ0n) is 7.48. The molecule has 1 aromatic carbocycles. The SMILES string of the molecule is Cn1nnnc1-c1ccc(Br)cc1N. The molecule has 2 N–H and O–H groups in total. The van der Waals surface area contributed by atoms with E-state index in [0.29, 0.717) is 11.5 Å². The standard InChI is InChI=1S/C8H8BrN5/c1-14-8(11-12-13-14)6-3-2-5(9)4-7(6)10/h2-4H,10H2,1H3. The summed E-state index contributed by atoms with van der Waals surface area (Å²) in [5, 5.41) is 11.2. The van der Waals surface area contributed by atoms with E-state index in [1.807, 2.05) is 18.2 Å². The molecule has 0 aliphatic heterocycles. The predicted molar refractivity (Wildman–Crippen MR) is 56.3 cm³/mol. The van der Waals surface area contributed by atoms with E-state index in [1.54, 1.807) is 11.7 Å². The molecule has 72 valence electrons. The van der Waals surface area contributed by atoms with Gasteiger partial charge >= 0.3 is 0 Å². The monoisotopic (exact) mass is 253 g/mol. The highest BCUT2D eigenvalue weighted by molar-refractivity contribution is 9.10. The number of tetrazole rings is 1. The van der Waals surface area contributed by atoms with Crippen LogP contribution in [-0.4, -0.2) is 20.2 Å².